The Kier molecular flexibility index (Phi) is 14.7. The van der Waals surface area contributed by atoms with Gasteiger partial charge in [0.25, 0.3) is 0 Å². The van der Waals surface area contributed by atoms with Crippen molar-refractivity contribution in [2.75, 3.05) is 26.4 Å². The van der Waals surface area contributed by atoms with Crippen LogP contribution in [0.3, 0.4) is 0 Å². The van der Waals surface area contributed by atoms with Gasteiger partial charge in [0.2, 0.25) is 0 Å². The van der Waals surface area contributed by atoms with Crippen molar-refractivity contribution in [1.29, 1.82) is 0 Å². The molecule has 0 aliphatic heterocycles. The van der Waals surface area contributed by atoms with Crippen LogP contribution in [0.2, 0.25) is 0 Å². The van der Waals surface area contributed by atoms with Gasteiger partial charge in [-0.1, -0.05) is 0 Å². The minimum Gasteiger partial charge on any atom is -0.394 e. The van der Waals surface area contributed by atoms with Crippen LogP contribution in [0.15, 0.2) is 0 Å². The molecule has 0 aromatic rings. The molecule has 4 unspecified atom stereocenters. The van der Waals surface area contributed by atoms with E-state index >= 15 is 0 Å². The molecule has 6 heteroatoms. The summed E-state index contributed by atoms with van der Waals surface area (Å²) in [6.45, 7) is 7.57. The standard InChI is InChI=1S/2C6H14O3/c1-5(8)4-9-6(2)3-7;1-5(7)3-9-4-6(2)8/h2*5-8H,3-4H2,1-2H3. The molecule has 0 aromatic heterocycles. The maximum atomic E-state index is 8.69. The lowest BCUT2D eigenvalue weighted by atomic mass is 10.4. The summed E-state index contributed by atoms with van der Waals surface area (Å²) >= 11 is 0. The molecule has 0 spiro atoms. The van der Waals surface area contributed by atoms with Crippen molar-refractivity contribution in [1.82, 2.24) is 0 Å². The Hall–Kier alpha value is -0.240. The first-order valence-corrected chi connectivity index (χ1v) is 6.13. The second-order valence-electron chi connectivity index (χ2n) is 4.41. The highest BCUT2D eigenvalue weighted by Gasteiger charge is 2.00. The second kappa shape index (κ2) is 13.2. The topological polar surface area (TPSA) is 99.4 Å². The van der Waals surface area contributed by atoms with Crippen molar-refractivity contribution in [2.45, 2.75) is 52.1 Å². The highest BCUT2D eigenvalue weighted by molar-refractivity contribution is 4.47. The molecule has 0 heterocycles. The maximum absolute atomic E-state index is 8.69. The first kappa shape index (κ1) is 20.1. The fraction of sp³-hybridized carbons (Fsp3) is 1.00. The zero-order valence-electron chi connectivity index (χ0n) is 11.7. The summed E-state index contributed by atoms with van der Waals surface area (Å²) < 4.78 is 9.81. The van der Waals surface area contributed by atoms with Crippen molar-refractivity contribution < 1.29 is 29.9 Å². The van der Waals surface area contributed by atoms with E-state index in [-0.39, 0.29) is 12.7 Å². The van der Waals surface area contributed by atoms with Crippen LogP contribution in [-0.2, 0) is 9.47 Å². The van der Waals surface area contributed by atoms with Crippen LogP contribution in [-0.4, -0.2) is 71.3 Å². The first-order valence-electron chi connectivity index (χ1n) is 6.13. The van der Waals surface area contributed by atoms with Gasteiger partial charge >= 0.3 is 0 Å². The van der Waals surface area contributed by atoms with Crippen LogP contribution in [0.5, 0.6) is 0 Å². The number of ether oxygens (including phenoxy) is 2. The third kappa shape index (κ3) is 21.1. The largest absolute Gasteiger partial charge is 0.394 e. The summed E-state index contributed by atoms with van der Waals surface area (Å²) in [6.07, 6.45) is -1.49. The van der Waals surface area contributed by atoms with Gasteiger partial charge in [-0.15, -0.1) is 0 Å². The average molecular weight is 268 g/mol. The quantitative estimate of drug-likeness (QED) is 0.475. The van der Waals surface area contributed by atoms with Gasteiger partial charge in [-0.25, -0.2) is 0 Å². The van der Waals surface area contributed by atoms with Crippen molar-refractivity contribution in [3.63, 3.8) is 0 Å². The van der Waals surface area contributed by atoms with Gasteiger partial charge in [0.15, 0.2) is 0 Å². The number of aliphatic hydroxyl groups is 4. The molecule has 0 fully saturated rings. The highest BCUT2D eigenvalue weighted by atomic mass is 16.5. The summed E-state index contributed by atoms with van der Waals surface area (Å²) in [5.41, 5.74) is 0. The minimum absolute atomic E-state index is 0.00667. The van der Waals surface area contributed by atoms with Crippen LogP contribution in [0.4, 0.5) is 0 Å². The van der Waals surface area contributed by atoms with Crippen LogP contribution in [0, 0.1) is 0 Å². The molecule has 0 bridgehead atoms. The van der Waals surface area contributed by atoms with E-state index in [4.69, 9.17) is 29.9 Å². The number of rotatable bonds is 8. The van der Waals surface area contributed by atoms with Gasteiger partial charge in [-0.3, -0.25) is 0 Å². The van der Waals surface area contributed by atoms with Crippen LogP contribution in [0.1, 0.15) is 27.7 Å². The molecule has 4 N–H and O–H groups in total. The molecule has 0 saturated carbocycles. The Morgan fingerprint density at radius 3 is 1.44 bits per heavy atom. The molecule has 18 heavy (non-hydrogen) atoms. The Balaban J connectivity index is 0. The maximum Gasteiger partial charge on any atom is 0.0779 e. The second-order valence-corrected chi connectivity index (χ2v) is 4.41. The van der Waals surface area contributed by atoms with Gasteiger partial charge < -0.3 is 29.9 Å². The Morgan fingerprint density at radius 2 is 1.17 bits per heavy atom. The summed E-state index contributed by atoms with van der Waals surface area (Å²) in [6, 6.07) is 0. The van der Waals surface area contributed by atoms with Crippen molar-refractivity contribution in [3.05, 3.63) is 0 Å². The average Bonchev–Trinajstić information content (AvgIpc) is 2.25. The van der Waals surface area contributed by atoms with Crippen molar-refractivity contribution >= 4 is 0 Å². The summed E-state index contributed by atoms with van der Waals surface area (Å²) in [7, 11) is 0. The summed E-state index contributed by atoms with van der Waals surface area (Å²) in [5, 5.41) is 34.4. The molecule has 6 nitrogen and oxygen atoms in total. The predicted octanol–water partition coefficient (Wildman–Crippen LogP) is -0.471. The van der Waals surface area contributed by atoms with Gasteiger partial charge in [0.05, 0.1) is 50.8 Å². The first-order chi connectivity index (χ1) is 8.29. The van der Waals surface area contributed by atoms with Crippen LogP contribution >= 0.6 is 0 Å². The Bertz CT molecular complexity index is 153. The zero-order chi connectivity index (χ0) is 14.6. The molecule has 0 radical (unpaired) electrons. The van der Waals surface area contributed by atoms with E-state index in [0.29, 0.717) is 19.8 Å². The van der Waals surface area contributed by atoms with Crippen LogP contribution in [0.25, 0.3) is 0 Å². The number of aliphatic hydroxyl groups excluding tert-OH is 4. The van der Waals surface area contributed by atoms with Gasteiger partial charge in [-0.2, -0.15) is 0 Å². The fourth-order valence-electron chi connectivity index (χ4n) is 0.765. The molecule has 4 atom stereocenters. The normalized spacial score (nSPS) is 17.3. The minimum atomic E-state index is -0.445. The van der Waals surface area contributed by atoms with Gasteiger partial charge in [-0.05, 0) is 27.7 Å². The summed E-state index contributed by atoms with van der Waals surface area (Å²) in [5.74, 6) is 0. The molecule has 0 rings (SSSR count). The van der Waals surface area contributed by atoms with E-state index in [2.05, 4.69) is 0 Å². The van der Waals surface area contributed by atoms with E-state index in [9.17, 15) is 0 Å². The molecule has 0 saturated heterocycles. The molecular formula is C12H28O6. The third-order valence-corrected chi connectivity index (χ3v) is 1.60. The van der Waals surface area contributed by atoms with Crippen molar-refractivity contribution in [3.8, 4) is 0 Å². The lowest BCUT2D eigenvalue weighted by Gasteiger charge is -2.10. The van der Waals surface area contributed by atoms with Crippen molar-refractivity contribution in [2.24, 2.45) is 0 Å². The Morgan fingerprint density at radius 1 is 0.778 bits per heavy atom. The fourth-order valence-corrected chi connectivity index (χ4v) is 0.765. The SMILES string of the molecule is CC(O)COC(C)CO.CC(O)COCC(C)O. The van der Waals surface area contributed by atoms with E-state index < -0.39 is 18.3 Å². The monoisotopic (exact) mass is 268 g/mol. The lowest BCUT2D eigenvalue weighted by molar-refractivity contribution is -0.0177. The smallest absolute Gasteiger partial charge is 0.0779 e. The highest BCUT2D eigenvalue weighted by Crippen LogP contribution is 1.90. The molecule has 0 aliphatic rings. The predicted molar refractivity (Wildman–Crippen MR) is 68.4 cm³/mol. The molecule has 0 amide bonds. The van der Waals surface area contributed by atoms with E-state index in [1.807, 2.05) is 0 Å². The third-order valence-electron chi connectivity index (χ3n) is 1.60. The van der Waals surface area contributed by atoms with E-state index in [1.54, 1.807) is 27.7 Å². The Labute approximate surface area is 109 Å². The van der Waals surface area contributed by atoms with Gasteiger partial charge in [0.1, 0.15) is 0 Å². The number of hydrogen-bond donors (Lipinski definition) is 4. The molecule has 0 aromatic carbocycles. The zero-order valence-corrected chi connectivity index (χ0v) is 11.7. The lowest BCUT2D eigenvalue weighted by Crippen LogP contribution is -2.19. The van der Waals surface area contributed by atoms with Gasteiger partial charge in [0, 0.05) is 0 Å². The van der Waals surface area contributed by atoms with E-state index in [0.717, 1.165) is 0 Å². The molecule has 112 valence electrons. The number of hydrogen-bond acceptors (Lipinski definition) is 6. The van der Waals surface area contributed by atoms with E-state index in [1.165, 1.54) is 0 Å². The molecule has 0 aliphatic carbocycles. The van der Waals surface area contributed by atoms with Crippen LogP contribution < -0.4 is 0 Å². The summed E-state index contributed by atoms with van der Waals surface area (Å²) in [4.78, 5) is 0. The molecular weight excluding hydrogens is 240 g/mol.